The lowest BCUT2D eigenvalue weighted by Gasteiger charge is -2.32. The fourth-order valence-electron chi connectivity index (χ4n) is 3.31. The van der Waals surface area contributed by atoms with Gasteiger partial charge < -0.3 is 24.7 Å². The maximum absolute atomic E-state index is 11.4. The zero-order valence-corrected chi connectivity index (χ0v) is 16.6. The van der Waals surface area contributed by atoms with Crippen molar-refractivity contribution in [2.45, 2.75) is 13.5 Å². The predicted molar refractivity (Wildman–Crippen MR) is 105 cm³/mol. The summed E-state index contributed by atoms with van der Waals surface area (Å²) in [7, 11) is 2.08. The number of fused-ring (bicyclic) bond motifs is 1. The second kappa shape index (κ2) is 8.02. The number of aromatic nitrogens is 6. The molecule has 13 heteroatoms. The van der Waals surface area contributed by atoms with Gasteiger partial charge in [0.1, 0.15) is 25.2 Å². The number of likely N-dealkylation sites (N-methyl/N-ethyl adjacent to an activating group) is 1. The first kappa shape index (κ1) is 19.7. The summed E-state index contributed by atoms with van der Waals surface area (Å²) >= 11 is 0. The summed E-state index contributed by atoms with van der Waals surface area (Å²) in [6.07, 6.45) is 1.15. The fraction of sp³-hybridized carbons (Fsp3) is 0.471. The second-order valence-electron chi connectivity index (χ2n) is 6.96. The number of imidazole rings is 1. The third kappa shape index (κ3) is 3.78. The van der Waals surface area contributed by atoms with E-state index in [1.807, 2.05) is 6.07 Å². The number of nitrogens with zero attached hydrogens (tertiary/aromatic N) is 9. The van der Waals surface area contributed by atoms with Crippen LogP contribution in [-0.4, -0.2) is 85.0 Å². The van der Waals surface area contributed by atoms with Crippen LogP contribution >= 0.6 is 0 Å². The van der Waals surface area contributed by atoms with E-state index < -0.39 is 10.9 Å². The van der Waals surface area contributed by atoms with E-state index in [1.54, 1.807) is 6.07 Å². The minimum Gasteiger partial charge on any atom is -0.462 e. The normalized spacial score (nSPS) is 14.9. The third-order valence-electron chi connectivity index (χ3n) is 4.92. The largest absolute Gasteiger partial charge is 0.462 e. The molecule has 0 N–H and O–H groups in total. The number of hydrogen-bond acceptors (Lipinski definition) is 10. The lowest BCUT2D eigenvalue weighted by atomic mass is 10.3. The molecule has 1 aliphatic rings. The standard InChI is InChI=1S/C17H21N9O4/c1-12(27)30-10-9-24-15(26(28)29)11-18-16(24)17-20-19-13-3-4-14(21-25(13)17)23-7-5-22(2)6-8-23/h3-4,11H,5-10H2,1-2H3. The number of anilines is 1. The van der Waals surface area contributed by atoms with Crippen molar-refractivity contribution in [1.82, 2.24) is 34.3 Å². The lowest BCUT2D eigenvalue weighted by molar-refractivity contribution is -0.392. The van der Waals surface area contributed by atoms with Gasteiger partial charge in [0.25, 0.3) is 5.82 Å². The summed E-state index contributed by atoms with van der Waals surface area (Å²) in [5.41, 5.74) is 0.500. The number of nitro groups is 1. The van der Waals surface area contributed by atoms with Gasteiger partial charge in [-0.25, -0.2) is 4.98 Å². The fourth-order valence-corrected chi connectivity index (χ4v) is 3.31. The Morgan fingerprint density at radius 3 is 2.67 bits per heavy atom. The van der Waals surface area contributed by atoms with Gasteiger partial charge in [-0.1, -0.05) is 0 Å². The van der Waals surface area contributed by atoms with E-state index in [-0.39, 0.29) is 30.6 Å². The molecule has 1 aliphatic heterocycles. The smallest absolute Gasteiger partial charge is 0.343 e. The van der Waals surface area contributed by atoms with E-state index in [0.717, 1.165) is 38.2 Å². The molecule has 0 unspecified atom stereocenters. The highest BCUT2D eigenvalue weighted by Gasteiger charge is 2.26. The summed E-state index contributed by atoms with van der Waals surface area (Å²) in [5.74, 6) is 0.570. The van der Waals surface area contributed by atoms with E-state index >= 15 is 0 Å². The molecule has 158 valence electrons. The van der Waals surface area contributed by atoms with Gasteiger partial charge in [0, 0.05) is 33.1 Å². The van der Waals surface area contributed by atoms with Crippen molar-refractivity contribution in [2.24, 2.45) is 0 Å². The molecule has 0 aliphatic carbocycles. The molecule has 4 heterocycles. The molecule has 0 atom stereocenters. The van der Waals surface area contributed by atoms with Gasteiger partial charge in [-0.15, -0.1) is 15.3 Å². The summed E-state index contributed by atoms with van der Waals surface area (Å²) in [5, 5.41) is 24.3. The van der Waals surface area contributed by atoms with Crippen molar-refractivity contribution >= 4 is 23.3 Å². The molecular formula is C17H21N9O4. The Labute approximate surface area is 171 Å². The number of hydrogen-bond donors (Lipinski definition) is 0. The zero-order chi connectivity index (χ0) is 21.3. The monoisotopic (exact) mass is 415 g/mol. The molecule has 0 aromatic carbocycles. The van der Waals surface area contributed by atoms with E-state index in [4.69, 9.17) is 4.74 Å². The first-order chi connectivity index (χ1) is 14.4. The van der Waals surface area contributed by atoms with E-state index in [2.05, 4.69) is 37.1 Å². The number of rotatable bonds is 6. The van der Waals surface area contributed by atoms with E-state index in [0.29, 0.717) is 5.65 Å². The zero-order valence-electron chi connectivity index (χ0n) is 16.6. The van der Waals surface area contributed by atoms with Crippen LogP contribution in [0.5, 0.6) is 0 Å². The van der Waals surface area contributed by atoms with Gasteiger partial charge in [0.15, 0.2) is 5.65 Å². The molecule has 4 rings (SSSR count). The van der Waals surface area contributed by atoms with Crippen LogP contribution in [0.1, 0.15) is 6.92 Å². The maximum Gasteiger partial charge on any atom is 0.343 e. The van der Waals surface area contributed by atoms with Crippen molar-refractivity contribution in [2.75, 3.05) is 44.7 Å². The Morgan fingerprint density at radius 1 is 1.20 bits per heavy atom. The number of esters is 1. The van der Waals surface area contributed by atoms with Crippen LogP contribution in [0.3, 0.4) is 0 Å². The van der Waals surface area contributed by atoms with Crippen LogP contribution in [0, 0.1) is 10.1 Å². The Bertz CT molecular complexity index is 1080. The van der Waals surface area contributed by atoms with Crippen molar-refractivity contribution in [1.29, 1.82) is 0 Å². The van der Waals surface area contributed by atoms with E-state index in [9.17, 15) is 14.9 Å². The van der Waals surface area contributed by atoms with E-state index in [1.165, 1.54) is 16.0 Å². The topological polar surface area (TPSA) is 137 Å². The first-order valence-electron chi connectivity index (χ1n) is 9.43. The van der Waals surface area contributed by atoms with Crippen LogP contribution in [-0.2, 0) is 16.1 Å². The van der Waals surface area contributed by atoms with Gasteiger partial charge in [-0.05, 0) is 24.1 Å². The molecule has 1 saturated heterocycles. The quantitative estimate of drug-likeness (QED) is 0.312. The van der Waals surface area contributed by atoms with Crippen molar-refractivity contribution < 1.29 is 14.5 Å². The molecule has 0 amide bonds. The molecule has 0 spiro atoms. The number of carbonyl (C=O) groups excluding carboxylic acids is 1. The summed E-state index contributed by atoms with van der Waals surface area (Å²) in [6.45, 7) is 4.85. The van der Waals surface area contributed by atoms with Crippen LogP contribution < -0.4 is 4.90 Å². The predicted octanol–water partition coefficient (Wildman–Crippen LogP) is 0.211. The third-order valence-corrected chi connectivity index (χ3v) is 4.92. The summed E-state index contributed by atoms with van der Waals surface area (Å²) in [6, 6.07) is 3.69. The molecule has 0 radical (unpaired) electrons. The molecule has 30 heavy (non-hydrogen) atoms. The highest BCUT2D eigenvalue weighted by molar-refractivity contribution is 5.65. The minimum absolute atomic E-state index is 0.0315. The van der Waals surface area contributed by atoms with Crippen LogP contribution in [0.2, 0.25) is 0 Å². The Balaban J connectivity index is 1.71. The summed E-state index contributed by atoms with van der Waals surface area (Å²) < 4.78 is 7.80. The van der Waals surface area contributed by atoms with Gasteiger partial charge in [-0.3, -0.25) is 4.79 Å². The molecule has 0 bridgehead atoms. The molecule has 3 aromatic rings. The Hall–Kier alpha value is -3.61. The number of carbonyl (C=O) groups is 1. The van der Waals surface area contributed by atoms with Gasteiger partial charge in [0.2, 0.25) is 5.82 Å². The van der Waals surface area contributed by atoms with Crippen molar-refractivity contribution in [3.8, 4) is 11.6 Å². The maximum atomic E-state index is 11.4. The van der Waals surface area contributed by atoms with Crippen molar-refractivity contribution in [3.05, 3.63) is 28.4 Å². The Morgan fingerprint density at radius 2 is 1.97 bits per heavy atom. The second-order valence-corrected chi connectivity index (χ2v) is 6.96. The number of ether oxygens (including phenoxy) is 1. The van der Waals surface area contributed by atoms with Gasteiger partial charge >= 0.3 is 11.8 Å². The number of piperazine rings is 1. The van der Waals surface area contributed by atoms with Crippen LogP contribution in [0.25, 0.3) is 17.3 Å². The molecule has 1 fully saturated rings. The van der Waals surface area contributed by atoms with Crippen LogP contribution in [0.4, 0.5) is 11.6 Å². The molecule has 13 nitrogen and oxygen atoms in total. The highest BCUT2D eigenvalue weighted by atomic mass is 16.6. The average Bonchev–Trinajstić information content (AvgIpc) is 3.31. The van der Waals surface area contributed by atoms with Gasteiger partial charge in [-0.2, -0.15) is 9.08 Å². The highest BCUT2D eigenvalue weighted by Crippen LogP contribution is 2.24. The molecular weight excluding hydrogens is 394 g/mol. The first-order valence-corrected chi connectivity index (χ1v) is 9.43. The SMILES string of the molecule is CC(=O)OCCn1c([N+](=O)[O-])cnc1-c1nnc2ccc(N3CCN(C)CC3)nn12. The summed E-state index contributed by atoms with van der Waals surface area (Å²) in [4.78, 5) is 30.5. The van der Waals surface area contributed by atoms with Crippen LogP contribution in [0.15, 0.2) is 18.3 Å². The lowest BCUT2D eigenvalue weighted by Crippen LogP contribution is -2.44. The molecule has 3 aromatic heterocycles. The molecule has 0 saturated carbocycles. The average molecular weight is 415 g/mol. The van der Waals surface area contributed by atoms with Crippen molar-refractivity contribution in [3.63, 3.8) is 0 Å². The Kier molecular flexibility index (Phi) is 5.27. The van der Waals surface area contributed by atoms with Gasteiger partial charge in [0.05, 0.1) is 0 Å². The minimum atomic E-state index is -0.545.